The summed E-state index contributed by atoms with van der Waals surface area (Å²) in [5, 5.41) is 13.4. The van der Waals surface area contributed by atoms with Crippen molar-refractivity contribution in [3.63, 3.8) is 0 Å². The van der Waals surface area contributed by atoms with E-state index in [0.717, 1.165) is 46.6 Å². The molecule has 2 aliphatic heterocycles. The van der Waals surface area contributed by atoms with Crippen LogP contribution < -0.4 is 14.8 Å². The zero-order chi connectivity index (χ0) is 32.1. The second kappa shape index (κ2) is 13.6. The lowest BCUT2D eigenvalue weighted by molar-refractivity contribution is -0.128. The first kappa shape index (κ1) is 31.9. The van der Waals surface area contributed by atoms with Gasteiger partial charge in [-0.15, -0.1) is 0 Å². The maximum absolute atomic E-state index is 13.1. The van der Waals surface area contributed by atoms with E-state index < -0.39 is 0 Å². The van der Waals surface area contributed by atoms with Gasteiger partial charge in [0.2, 0.25) is 12.3 Å². The molecular weight excluding hydrogens is 568 g/mol. The first-order valence-corrected chi connectivity index (χ1v) is 15.6. The van der Waals surface area contributed by atoms with E-state index >= 15 is 0 Å². The van der Waals surface area contributed by atoms with E-state index in [-0.39, 0.29) is 17.4 Å². The Balaban J connectivity index is 1.16. The molecular formula is C36H44N4O5. The molecule has 1 aliphatic carbocycles. The Bertz CT molecular complexity index is 1550. The number of aliphatic imine (C=N–C) groups is 1. The number of benzene rings is 2. The summed E-state index contributed by atoms with van der Waals surface area (Å²) in [4.78, 5) is 33.1. The SMILES string of the molecule is CNc1ccc(C2=CN(C=O)C(C=Nc3cc(OCCCCC(=O)N4CCC5=C4C=C(O)CC5(C)C)c(OC)cc3C)C2)cc1. The van der Waals surface area contributed by atoms with Gasteiger partial charge in [-0.05, 0) is 78.1 Å². The molecule has 0 spiro atoms. The second-order valence-corrected chi connectivity index (χ2v) is 12.5. The smallest absolute Gasteiger partial charge is 0.226 e. The molecule has 9 nitrogen and oxygen atoms in total. The van der Waals surface area contributed by atoms with Gasteiger partial charge in [-0.1, -0.05) is 26.0 Å². The number of nitrogens with zero attached hydrogens (tertiary/aromatic N) is 3. The van der Waals surface area contributed by atoms with Gasteiger partial charge in [-0.3, -0.25) is 14.6 Å². The minimum absolute atomic E-state index is 0.0789. The number of methoxy groups -OCH3 is 1. The van der Waals surface area contributed by atoms with E-state index in [9.17, 15) is 14.7 Å². The molecule has 3 aliphatic rings. The molecule has 5 rings (SSSR count). The molecule has 45 heavy (non-hydrogen) atoms. The van der Waals surface area contributed by atoms with Crippen molar-refractivity contribution in [2.75, 3.05) is 32.6 Å². The van der Waals surface area contributed by atoms with E-state index in [0.29, 0.717) is 62.5 Å². The van der Waals surface area contributed by atoms with Crippen molar-refractivity contribution < 1.29 is 24.2 Å². The number of hydrogen-bond donors (Lipinski definition) is 2. The number of rotatable bonds is 12. The van der Waals surface area contributed by atoms with Gasteiger partial charge in [0.25, 0.3) is 0 Å². The summed E-state index contributed by atoms with van der Waals surface area (Å²) < 4.78 is 11.7. The molecule has 238 valence electrons. The van der Waals surface area contributed by atoms with Gasteiger partial charge in [0, 0.05) is 62.7 Å². The third kappa shape index (κ3) is 7.08. The highest BCUT2D eigenvalue weighted by molar-refractivity contribution is 5.82. The molecule has 0 saturated carbocycles. The number of aliphatic hydroxyl groups is 1. The summed E-state index contributed by atoms with van der Waals surface area (Å²) in [6.45, 7) is 7.31. The van der Waals surface area contributed by atoms with E-state index in [1.807, 2.05) is 67.7 Å². The Morgan fingerprint density at radius 3 is 2.67 bits per heavy atom. The van der Waals surface area contributed by atoms with Gasteiger partial charge >= 0.3 is 0 Å². The summed E-state index contributed by atoms with van der Waals surface area (Å²) in [5.74, 6) is 1.62. The van der Waals surface area contributed by atoms with Crippen molar-refractivity contribution in [2.45, 2.75) is 65.3 Å². The van der Waals surface area contributed by atoms with Crippen LogP contribution in [-0.2, 0) is 9.59 Å². The average Bonchev–Trinajstić information content (AvgIpc) is 3.65. The molecule has 2 amide bonds. The van der Waals surface area contributed by atoms with Crippen LogP contribution in [0.4, 0.5) is 11.4 Å². The fourth-order valence-electron chi connectivity index (χ4n) is 6.38. The number of unbranched alkanes of at least 4 members (excludes halogenated alkanes) is 1. The van der Waals surface area contributed by atoms with E-state index in [4.69, 9.17) is 14.5 Å². The predicted molar refractivity (Wildman–Crippen MR) is 178 cm³/mol. The molecule has 2 heterocycles. The molecule has 0 aromatic heterocycles. The molecule has 0 radical (unpaired) electrons. The summed E-state index contributed by atoms with van der Waals surface area (Å²) >= 11 is 0. The third-order valence-electron chi connectivity index (χ3n) is 8.92. The second-order valence-electron chi connectivity index (χ2n) is 12.5. The van der Waals surface area contributed by atoms with Crippen LogP contribution in [0.1, 0.15) is 63.5 Å². The Hall–Kier alpha value is -4.53. The number of hydrogen-bond acceptors (Lipinski definition) is 7. The van der Waals surface area contributed by atoms with Gasteiger partial charge < -0.3 is 29.7 Å². The Morgan fingerprint density at radius 1 is 1.18 bits per heavy atom. The van der Waals surface area contributed by atoms with E-state index in [2.05, 4.69) is 19.2 Å². The molecule has 1 unspecified atom stereocenters. The van der Waals surface area contributed by atoms with Crippen LogP contribution in [0.5, 0.6) is 11.5 Å². The fraction of sp³-hybridized carbons (Fsp3) is 0.417. The molecule has 9 heteroatoms. The van der Waals surface area contributed by atoms with Crippen molar-refractivity contribution in [2.24, 2.45) is 10.4 Å². The van der Waals surface area contributed by atoms with Crippen LogP contribution in [0, 0.1) is 12.3 Å². The topological polar surface area (TPSA) is 104 Å². The first-order valence-electron chi connectivity index (χ1n) is 15.6. The molecule has 0 fully saturated rings. The Kier molecular flexibility index (Phi) is 9.65. The highest BCUT2D eigenvalue weighted by atomic mass is 16.5. The van der Waals surface area contributed by atoms with E-state index in [1.54, 1.807) is 18.1 Å². The maximum atomic E-state index is 13.1. The van der Waals surface area contributed by atoms with Gasteiger partial charge in [-0.25, -0.2) is 0 Å². The lowest BCUT2D eigenvalue weighted by Gasteiger charge is -2.31. The van der Waals surface area contributed by atoms with Crippen molar-refractivity contribution in [1.82, 2.24) is 9.80 Å². The quantitative estimate of drug-likeness (QED) is 0.153. The highest BCUT2D eigenvalue weighted by Crippen LogP contribution is 2.45. The fourth-order valence-corrected chi connectivity index (χ4v) is 6.38. The number of amides is 2. The molecule has 2 aromatic rings. The maximum Gasteiger partial charge on any atom is 0.226 e. The number of aryl methyl sites for hydroxylation is 1. The standard InChI is InChI=1S/C36H44N4O5/c1-24-16-33(44-5)34(45-15-7-6-8-35(43)40-14-13-30-32(40)18-29(42)20-36(30,2)3)19-31(24)38-21-28-17-26(22-39(28)23-41)25-9-11-27(37-4)12-10-25/h9-12,16,18-19,21-23,28,37,42H,6-8,13-15,17,20H2,1-5H3. The van der Waals surface area contributed by atoms with Crippen molar-refractivity contribution >= 4 is 35.5 Å². The third-order valence-corrected chi connectivity index (χ3v) is 8.92. The summed E-state index contributed by atoms with van der Waals surface area (Å²) in [5.41, 5.74) is 6.86. The summed E-state index contributed by atoms with van der Waals surface area (Å²) in [6, 6.07) is 11.7. The molecule has 2 N–H and O–H groups in total. The normalized spacial score (nSPS) is 19.0. The van der Waals surface area contributed by atoms with Crippen LogP contribution in [0.15, 0.2) is 70.7 Å². The monoisotopic (exact) mass is 612 g/mol. The predicted octanol–water partition coefficient (Wildman–Crippen LogP) is 6.93. The van der Waals surface area contributed by atoms with Gasteiger partial charge in [0.15, 0.2) is 11.5 Å². The number of carbonyl (C=O) groups excluding carboxylic acids is 2. The number of carbonyl (C=O) groups is 2. The van der Waals surface area contributed by atoms with Crippen molar-refractivity contribution in [3.8, 4) is 11.5 Å². The van der Waals surface area contributed by atoms with Crippen LogP contribution >= 0.6 is 0 Å². The molecule has 2 aromatic carbocycles. The lowest BCUT2D eigenvalue weighted by atomic mass is 9.76. The zero-order valence-electron chi connectivity index (χ0n) is 26.9. The minimum atomic E-state index is -0.188. The van der Waals surface area contributed by atoms with Crippen LogP contribution in [-0.4, -0.2) is 66.8 Å². The van der Waals surface area contributed by atoms with Gasteiger partial charge in [0.05, 0.1) is 31.2 Å². The summed E-state index contributed by atoms with van der Waals surface area (Å²) in [7, 11) is 3.49. The van der Waals surface area contributed by atoms with Crippen LogP contribution in [0.25, 0.3) is 5.57 Å². The van der Waals surface area contributed by atoms with Crippen LogP contribution in [0.2, 0.25) is 0 Å². The Labute approximate surface area is 265 Å². The first-order chi connectivity index (χ1) is 21.6. The largest absolute Gasteiger partial charge is 0.512 e. The molecule has 1 atom stereocenters. The average molecular weight is 613 g/mol. The highest BCUT2D eigenvalue weighted by Gasteiger charge is 2.38. The molecule has 0 bridgehead atoms. The van der Waals surface area contributed by atoms with Gasteiger partial charge in [-0.2, -0.15) is 0 Å². The van der Waals surface area contributed by atoms with Crippen molar-refractivity contribution in [1.29, 1.82) is 0 Å². The number of anilines is 1. The van der Waals surface area contributed by atoms with E-state index in [1.165, 1.54) is 5.57 Å². The van der Waals surface area contributed by atoms with Crippen molar-refractivity contribution in [3.05, 3.63) is 76.8 Å². The molecule has 0 saturated heterocycles. The number of ether oxygens (including phenoxy) is 2. The number of allylic oxidation sites excluding steroid dienone is 2. The lowest BCUT2D eigenvalue weighted by Crippen LogP contribution is -2.28. The number of aliphatic hydroxyl groups excluding tert-OH is 1. The van der Waals surface area contributed by atoms with Gasteiger partial charge in [0.1, 0.15) is 0 Å². The van der Waals surface area contributed by atoms with Crippen LogP contribution in [0.3, 0.4) is 0 Å². The minimum Gasteiger partial charge on any atom is -0.512 e. The summed E-state index contributed by atoms with van der Waals surface area (Å²) in [6.07, 6.45) is 10.2. The zero-order valence-corrected chi connectivity index (χ0v) is 26.9. The number of nitrogens with one attached hydrogen (secondary N) is 1. The Morgan fingerprint density at radius 2 is 1.96 bits per heavy atom.